The maximum absolute atomic E-state index is 12.2. The number of nitrogens with zero attached hydrogens (tertiary/aromatic N) is 3. The van der Waals surface area contributed by atoms with Gasteiger partial charge in [-0.15, -0.1) is 0 Å². The number of likely N-dealkylation sites (N-methyl/N-ethyl adjacent to an activating group) is 1. The second-order valence-electron chi connectivity index (χ2n) is 4.91. The second kappa shape index (κ2) is 8.04. The molecule has 0 aliphatic rings. The van der Waals surface area contributed by atoms with Crippen LogP contribution in [0.15, 0.2) is 6.07 Å². The Kier molecular flexibility index (Phi) is 6.71. The number of nitrogens with one attached hydrogen (secondary N) is 1. The zero-order chi connectivity index (χ0) is 15.1. The molecule has 0 spiro atoms. The second-order valence-corrected chi connectivity index (χ2v) is 4.91. The minimum absolute atomic E-state index is 0.160. The average Bonchev–Trinajstić information content (AvgIpc) is 2.88. The van der Waals surface area contributed by atoms with E-state index in [1.54, 1.807) is 0 Å². The molecule has 1 amide bonds. The first-order valence-corrected chi connectivity index (χ1v) is 7.64. The van der Waals surface area contributed by atoms with Crippen molar-refractivity contribution in [1.29, 1.82) is 0 Å². The van der Waals surface area contributed by atoms with E-state index in [1.807, 2.05) is 30.4 Å². The third-order valence-electron chi connectivity index (χ3n) is 3.61. The fourth-order valence-corrected chi connectivity index (χ4v) is 2.26. The van der Waals surface area contributed by atoms with Crippen LogP contribution in [-0.4, -0.2) is 39.7 Å². The van der Waals surface area contributed by atoms with Crippen molar-refractivity contribution in [2.24, 2.45) is 0 Å². The van der Waals surface area contributed by atoms with Gasteiger partial charge in [0.15, 0.2) is 0 Å². The molecule has 1 atom stereocenters. The van der Waals surface area contributed by atoms with Crippen LogP contribution in [0, 0.1) is 0 Å². The van der Waals surface area contributed by atoms with Crippen LogP contribution in [0.4, 0.5) is 0 Å². The van der Waals surface area contributed by atoms with Crippen molar-refractivity contribution in [3.8, 4) is 0 Å². The normalized spacial score (nSPS) is 12.4. The van der Waals surface area contributed by atoms with Gasteiger partial charge < -0.3 is 10.2 Å². The fraction of sp³-hybridized carbons (Fsp3) is 0.733. The summed E-state index contributed by atoms with van der Waals surface area (Å²) in [5, 5.41) is 7.83. The van der Waals surface area contributed by atoms with Gasteiger partial charge in [-0.05, 0) is 40.2 Å². The van der Waals surface area contributed by atoms with Crippen molar-refractivity contribution < 1.29 is 4.79 Å². The van der Waals surface area contributed by atoms with Gasteiger partial charge in [0.25, 0.3) is 0 Å². The van der Waals surface area contributed by atoms with Crippen LogP contribution >= 0.6 is 0 Å². The Morgan fingerprint density at radius 2 is 2.00 bits per heavy atom. The highest BCUT2D eigenvalue weighted by molar-refractivity contribution is 5.81. The summed E-state index contributed by atoms with van der Waals surface area (Å²) >= 11 is 0. The van der Waals surface area contributed by atoms with Gasteiger partial charge in [0.2, 0.25) is 5.91 Å². The molecule has 1 unspecified atom stereocenters. The van der Waals surface area contributed by atoms with E-state index in [1.165, 1.54) is 0 Å². The van der Waals surface area contributed by atoms with Crippen molar-refractivity contribution in [3.05, 3.63) is 17.5 Å². The minimum atomic E-state index is -0.166. The van der Waals surface area contributed by atoms with Crippen LogP contribution in [0.5, 0.6) is 0 Å². The fourth-order valence-electron chi connectivity index (χ4n) is 2.26. The van der Waals surface area contributed by atoms with Crippen molar-refractivity contribution in [2.45, 2.75) is 60.2 Å². The highest BCUT2D eigenvalue weighted by Crippen LogP contribution is 2.06. The molecule has 114 valence electrons. The molecule has 1 N–H and O–H groups in total. The van der Waals surface area contributed by atoms with Gasteiger partial charge in [-0.1, -0.05) is 6.92 Å². The van der Waals surface area contributed by atoms with Crippen molar-refractivity contribution >= 4 is 5.91 Å². The summed E-state index contributed by atoms with van der Waals surface area (Å²) in [4.78, 5) is 14.0. The molecule has 0 aliphatic carbocycles. The first kappa shape index (κ1) is 16.7. The van der Waals surface area contributed by atoms with E-state index in [-0.39, 0.29) is 11.9 Å². The van der Waals surface area contributed by atoms with Crippen LogP contribution < -0.4 is 5.32 Å². The summed E-state index contributed by atoms with van der Waals surface area (Å²) in [6.07, 6.45) is 0.938. The number of amides is 1. The Hall–Kier alpha value is -1.36. The van der Waals surface area contributed by atoms with E-state index in [2.05, 4.69) is 30.3 Å². The van der Waals surface area contributed by atoms with Gasteiger partial charge in [0, 0.05) is 26.2 Å². The summed E-state index contributed by atoms with van der Waals surface area (Å²) in [5.41, 5.74) is 2.25. The van der Waals surface area contributed by atoms with E-state index in [0.717, 1.165) is 37.4 Å². The third kappa shape index (κ3) is 4.07. The van der Waals surface area contributed by atoms with Crippen molar-refractivity contribution in [1.82, 2.24) is 20.0 Å². The van der Waals surface area contributed by atoms with Crippen LogP contribution in [0.3, 0.4) is 0 Å². The number of aromatic nitrogens is 2. The lowest BCUT2D eigenvalue weighted by atomic mass is 10.2. The molecule has 1 aromatic rings. The SMILES string of the molecule is CCc1cc(CNC(C)C(=O)N(CC)CC)n(CC)n1. The Bertz CT molecular complexity index is 424. The first-order valence-electron chi connectivity index (χ1n) is 7.64. The van der Waals surface area contributed by atoms with Crippen molar-refractivity contribution in [2.75, 3.05) is 13.1 Å². The van der Waals surface area contributed by atoms with Gasteiger partial charge in [-0.25, -0.2) is 0 Å². The van der Waals surface area contributed by atoms with Gasteiger partial charge >= 0.3 is 0 Å². The van der Waals surface area contributed by atoms with Crippen LogP contribution in [0.1, 0.15) is 46.0 Å². The molecule has 5 heteroatoms. The summed E-state index contributed by atoms with van der Waals surface area (Å²) in [5.74, 6) is 0.160. The van der Waals surface area contributed by atoms with Gasteiger partial charge in [0.05, 0.1) is 17.4 Å². The molecule has 1 rings (SSSR count). The van der Waals surface area contributed by atoms with E-state index < -0.39 is 0 Å². The lowest BCUT2D eigenvalue weighted by molar-refractivity contribution is -0.132. The molecular formula is C15H28N4O. The van der Waals surface area contributed by atoms with E-state index in [9.17, 15) is 4.79 Å². The summed E-state index contributed by atoms with van der Waals surface area (Å²) in [6, 6.07) is 1.95. The molecule has 0 radical (unpaired) electrons. The number of carbonyl (C=O) groups excluding carboxylic acids is 1. The van der Waals surface area contributed by atoms with E-state index in [0.29, 0.717) is 6.54 Å². The Labute approximate surface area is 122 Å². The largest absolute Gasteiger partial charge is 0.342 e. The molecule has 5 nitrogen and oxygen atoms in total. The standard InChI is InChI=1S/C15H28N4O/c1-6-13-10-14(19(9-4)17-13)11-16-12(5)15(20)18(7-2)8-3/h10,12,16H,6-9,11H2,1-5H3. The molecule has 0 aromatic carbocycles. The molecular weight excluding hydrogens is 252 g/mol. The number of hydrogen-bond acceptors (Lipinski definition) is 3. The number of aryl methyl sites for hydroxylation is 2. The summed E-state index contributed by atoms with van der Waals surface area (Å²) < 4.78 is 2.00. The zero-order valence-corrected chi connectivity index (χ0v) is 13.4. The average molecular weight is 280 g/mol. The summed E-state index contributed by atoms with van der Waals surface area (Å²) in [7, 11) is 0. The van der Waals surface area contributed by atoms with Crippen molar-refractivity contribution in [3.63, 3.8) is 0 Å². The van der Waals surface area contributed by atoms with Gasteiger partial charge in [0.1, 0.15) is 0 Å². The van der Waals surface area contributed by atoms with E-state index in [4.69, 9.17) is 0 Å². The molecule has 1 heterocycles. The Morgan fingerprint density at radius 1 is 1.35 bits per heavy atom. The third-order valence-corrected chi connectivity index (χ3v) is 3.61. The first-order chi connectivity index (χ1) is 9.57. The van der Waals surface area contributed by atoms with Gasteiger partial charge in [-0.3, -0.25) is 9.48 Å². The Balaban J connectivity index is 2.62. The quantitative estimate of drug-likeness (QED) is 0.790. The number of carbonyl (C=O) groups is 1. The lowest BCUT2D eigenvalue weighted by Crippen LogP contribution is -2.44. The molecule has 0 bridgehead atoms. The van der Waals surface area contributed by atoms with Crippen LogP contribution in [0.2, 0.25) is 0 Å². The predicted molar refractivity (Wildman–Crippen MR) is 81.5 cm³/mol. The molecule has 1 aromatic heterocycles. The lowest BCUT2D eigenvalue weighted by Gasteiger charge is -2.23. The number of hydrogen-bond donors (Lipinski definition) is 1. The Morgan fingerprint density at radius 3 is 2.50 bits per heavy atom. The maximum atomic E-state index is 12.2. The summed E-state index contributed by atoms with van der Waals surface area (Å²) in [6.45, 7) is 13.2. The molecule has 20 heavy (non-hydrogen) atoms. The maximum Gasteiger partial charge on any atom is 0.239 e. The minimum Gasteiger partial charge on any atom is -0.342 e. The predicted octanol–water partition coefficient (Wildman–Crippen LogP) is 1.81. The molecule has 0 aliphatic heterocycles. The zero-order valence-electron chi connectivity index (χ0n) is 13.4. The van der Waals surface area contributed by atoms with Crippen LogP contribution in [0.25, 0.3) is 0 Å². The van der Waals surface area contributed by atoms with Gasteiger partial charge in [-0.2, -0.15) is 5.10 Å². The number of rotatable bonds is 8. The highest BCUT2D eigenvalue weighted by atomic mass is 16.2. The van der Waals surface area contributed by atoms with E-state index >= 15 is 0 Å². The highest BCUT2D eigenvalue weighted by Gasteiger charge is 2.18. The molecule has 0 saturated carbocycles. The van der Waals surface area contributed by atoms with Crippen LogP contribution in [-0.2, 0) is 24.3 Å². The monoisotopic (exact) mass is 280 g/mol. The molecule has 0 saturated heterocycles. The topological polar surface area (TPSA) is 50.2 Å². The smallest absolute Gasteiger partial charge is 0.239 e. The molecule has 0 fully saturated rings.